The van der Waals surface area contributed by atoms with Gasteiger partial charge in [0.25, 0.3) is 0 Å². The quantitative estimate of drug-likeness (QED) is 0.0244. The summed E-state index contributed by atoms with van der Waals surface area (Å²) in [4.78, 5) is 116. The number of carboxylic acid groups (broad SMARTS) is 2. The molecule has 0 aromatic rings. The second-order valence-electron chi connectivity index (χ2n) is 16.8. The Hall–Kier alpha value is -3.29. The molecule has 0 saturated carbocycles. The first-order valence-electron chi connectivity index (χ1n) is 24.6. The Kier molecular flexibility index (Phi) is 51.9. The number of nitrogens with two attached hydrogens (primary N) is 1. The van der Waals surface area contributed by atoms with E-state index in [0.717, 1.165) is 57.8 Å². The summed E-state index contributed by atoms with van der Waals surface area (Å²) in [5.74, 6) is -4.87. The molecule has 72 heavy (non-hydrogen) atoms. The van der Waals surface area contributed by atoms with Crippen LogP contribution >= 0.6 is 11.8 Å². The second-order valence-corrected chi connectivity index (χ2v) is 17.8. The molecular weight excluding hydrogens is 1040 g/mol. The number of aliphatic carboxylic acids is 2. The molecule has 24 heteroatoms. The van der Waals surface area contributed by atoms with E-state index in [-0.39, 0.29) is 196 Å². The van der Waals surface area contributed by atoms with E-state index in [1.165, 1.54) is 18.7 Å². The van der Waals surface area contributed by atoms with E-state index in [9.17, 15) is 58.2 Å². The number of rotatable bonds is 48. The van der Waals surface area contributed by atoms with Crippen molar-refractivity contribution in [2.45, 2.75) is 135 Å². The van der Waals surface area contributed by atoms with Crippen LogP contribution in [0.15, 0.2) is 0 Å². The molecule has 0 spiro atoms. The van der Waals surface area contributed by atoms with Crippen LogP contribution in [-0.4, -0.2) is 177 Å². The number of carbonyl (C=O) groups excluding carboxylic acids is 8. The van der Waals surface area contributed by atoms with Crippen molar-refractivity contribution in [3.05, 3.63) is 6.92 Å². The van der Waals surface area contributed by atoms with E-state index in [1.807, 2.05) is 0 Å². The molecule has 0 unspecified atom stereocenters. The number of Topliss-reactive ketones (excluding diaryl/α,β-unsaturated/α-hetero) is 3. The molecule has 413 valence electrons. The van der Waals surface area contributed by atoms with Crippen LogP contribution in [0.5, 0.6) is 0 Å². The van der Waals surface area contributed by atoms with Gasteiger partial charge in [-0.15, -0.1) is 5.92 Å². The van der Waals surface area contributed by atoms with Crippen LogP contribution in [-0.2, 0) is 99.6 Å². The second kappa shape index (κ2) is 51.2. The number of hydrogen-bond donors (Lipinski definition) is 8. The molecule has 0 aromatic carbocycles. The van der Waals surface area contributed by atoms with Crippen molar-refractivity contribution in [2.24, 2.45) is 17.6 Å². The molecule has 4 atom stereocenters. The van der Waals surface area contributed by atoms with Gasteiger partial charge in [0.05, 0.1) is 51.4 Å². The molecule has 0 aliphatic carbocycles. The van der Waals surface area contributed by atoms with Gasteiger partial charge in [-0.2, -0.15) is 11.8 Å². The number of amides is 4. The maximum Gasteiger partial charge on any atom is 0.326 e. The first-order valence-corrected chi connectivity index (χ1v) is 25.7. The zero-order chi connectivity index (χ0) is 53.5. The summed E-state index contributed by atoms with van der Waals surface area (Å²) in [7, 11) is 0. The maximum absolute atomic E-state index is 12.3. The average Bonchev–Trinajstić information content (AvgIpc) is 3.32. The third kappa shape index (κ3) is 50.3. The van der Waals surface area contributed by atoms with Gasteiger partial charge in [0, 0.05) is 97.0 Å². The fourth-order valence-electron chi connectivity index (χ4n) is 6.02. The minimum atomic E-state index is -1.18. The molecule has 0 aromatic heterocycles. The van der Waals surface area contributed by atoms with Crippen molar-refractivity contribution in [1.82, 2.24) is 21.3 Å². The fourth-order valence-corrected chi connectivity index (χ4v) is 6.90. The molecule has 9 N–H and O–H groups in total. The van der Waals surface area contributed by atoms with Crippen molar-refractivity contribution in [1.29, 1.82) is 0 Å². The van der Waals surface area contributed by atoms with Crippen molar-refractivity contribution in [2.75, 3.05) is 90.6 Å². The molecule has 0 saturated heterocycles. The number of aliphatic hydroxyl groups excluding tert-OH is 1. The zero-order valence-electron chi connectivity index (χ0n) is 42.6. The smallest absolute Gasteiger partial charge is 0.326 e. The van der Waals surface area contributed by atoms with Crippen LogP contribution in [0.3, 0.4) is 0 Å². The van der Waals surface area contributed by atoms with Gasteiger partial charge in [0.1, 0.15) is 42.9 Å². The first kappa shape index (κ1) is 73.0. The molecule has 4 amide bonds. The minimum absolute atomic E-state index is 0. The monoisotopic (exact) mass is 1120 g/mol. The largest absolute Gasteiger partial charge is 0.481 e. The topological polar surface area (TPSA) is 342 Å². The summed E-state index contributed by atoms with van der Waals surface area (Å²) in [5, 5.41) is 37.8. The van der Waals surface area contributed by atoms with Gasteiger partial charge in [-0.05, 0) is 45.3 Å². The predicted octanol–water partition coefficient (Wildman–Crippen LogP) is 1.74. The average molecular weight is 1120 g/mol. The van der Waals surface area contributed by atoms with Crippen molar-refractivity contribution in [3.63, 3.8) is 0 Å². The van der Waals surface area contributed by atoms with E-state index in [1.54, 1.807) is 6.92 Å². The Morgan fingerprint density at radius 3 is 1.62 bits per heavy atom. The number of ketones is 3. The van der Waals surface area contributed by atoms with Gasteiger partial charge in [-0.25, -0.2) is 4.79 Å². The van der Waals surface area contributed by atoms with Crippen LogP contribution in [0.25, 0.3) is 0 Å². The summed E-state index contributed by atoms with van der Waals surface area (Å²) in [6.07, 6.45) is 11.3. The van der Waals surface area contributed by atoms with Crippen molar-refractivity contribution >= 4 is 71.0 Å². The van der Waals surface area contributed by atoms with E-state index < -0.39 is 36.4 Å². The minimum Gasteiger partial charge on any atom is -0.481 e. The number of thioether (sulfide) groups is 1. The Bertz CT molecular complexity index is 1530. The maximum atomic E-state index is 12.3. The number of carbonyl (C=O) groups is 10. The van der Waals surface area contributed by atoms with Crippen LogP contribution in [0.1, 0.15) is 123 Å². The Morgan fingerprint density at radius 2 is 1.12 bits per heavy atom. The first-order chi connectivity index (χ1) is 33.9. The summed E-state index contributed by atoms with van der Waals surface area (Å²) in [6.45, 7) is 7.78. The van der Waals surface area contributed by atoms with E-state index >= 15 is 0 Å². The SMILES string of the molecule is C[C@H](N)C=O.[CH2-][C@@H](CSCC(=O)NCCNC(=O)COCCOCCNC(=O)COCCOCCCC(=O)CC[C@H](NC(=O)CCCCCCCCCCCCC(=O)O)C(=O)O)C(=O)C[C@@H](CO)C(C)=O.[Y]. The van der Waals surface area contributed by atoms with E-state index in [2.05, 4.69) is 28.2 Å². The summed E-state index contributed by atoms with van der Waals surface area (Å²) in [5.41, 5.74) is 4.92. The van der Waals surface area contributed by atoms with Crippen molar-refractivity contribution in [3.8, 4) is 0 Å². The molecule has 0 rings (SSSR count). The summed E-state index contributed by atoms with van der Waals surface area (Å²) < 4.78 is 21.4. The normalized spacial score (nSPS) is 12.3. The standard InChI is InChI=1S/C45H77N4O16S.C3H7NO.Y/c1-34(39(53)28-36(29-50)35(2)51)32-66-33-43(57)47-20-19-46-41(55)30-65-27-25-63-23-21-48-42(56)31-64-26-24-62-22-13-14-37(52)17-18-38(45(60)61)49-40(54)15-11-9-7-5-3-4-6-8-10-12-16-44(58)59;1-3(4)2-5;/h34,36,38,50H,1,3-33H2,2H3,(H,46,55)(H,47,57)(H,48,56)(H,49,54)(H,58,59)(H,60,61);2-3H,4H2,1H3;/q-1;;/t34-,36-,38-;3-;/m00./s1. The number of hydrogen-bond acceptors (Lipinski definition) is 17. The molecule has 22 nitrogen and oxygen atoms in total. The van der Waals surface area contributed by atoms with Gasteiger partial charge >= 0.3 is 11.9 Å². The number of carboxylic acids is 2. The van der Waals surface area contributed by atoms with Crippen molar-refractivity contribution < 1.29 is 115 Å². The molecule has 0 bridgehead atoms. The van der Waals surface area contributed by atoms with Crippen LogP contribution in [0.2, 0.25) is 0 Å². The Labute approximate surface area is 454 Å². The number of aldehydes is 1. The van der Waals surface area contributed by atoms with Gasteiger partial charge in [0.15, 0.2) is 0 Å². The van der Waals surface area contributed by atoms with E-state index in [4.69, 9.17) is 29.8 Å². The van der Waals surface area contributed by atoms with Crippen LogP contribution in [0.4, 0.5) is 0 Å². The number of ether oxygens (including phenoxy) is 4. The predicted molar refractivity (Wildman–Crippen MR) is 265 cm³/mol. The van der Waals surface area contributed by atoms with Crippen LogP contribution in [0, 0.1) is 18.8 Å². The molecule has 0 fully saturated rings. The number of unbranched alkanes of at least 4 members (excludes halogenated alkanes) is 9. The number of nitrogens with one attached hydrogen (secondary N) is 4. The molecule has 1 radical (unpaired) electrons. The van der Waals surface area contributed by atoms with Gasteiger partial charge in [0.2, 0.25) is 23.6 Å². The van der Waals surface area contributed by atoms with Gasteiger partial charge < -0.3 is 77.8 Å². The van der Waals surface area contributed by atoms with Crippen LogP contribution < -0.4 is 27.0 Å². The fraction of sp³-hybridized carbons (Fsp3) is 0.771. The molecule has 0 aliphatic heterocycles. The molecular formula is C48H84N5O17SY-. The van der Waals surface area contributed by atoms with E-state index in [0.29, 0.717) is 24.9 Å². The molecule has 0 aliphatic rings. The third-order valence-corrected chi connectivity index (χ3v) is 11.3. The molecule has 0 heterocycles. The summed E-state index contributed by atoms with van der Waals surface area (Å²) >= 11 is 1.22. The summed E-state index contributed by atoms with van der Waals surface area (Å²) in [6, 6.07) is -1.42. The zero-order valence-corrected chi connectivity index (χ0v) is 46.3. The van der Waals surface area contributed by atoms with Gasteiger partial charge in [-0.1, -0.05) is 51.4 Å². The van der Waals surface area contributed by atoms with Gasteiger partial charge in [-0.3, -0.25) is 33.6 Å². The Balaban J connectivity index is -0.00000752. The third-order valence-electron chi connectivity index (χ3n) is 10.1. The Morgan fingerprint density at radius 1 is 0.639 bits per heavy atom. The number of aliphatic hydroxyl groups is 1.